The zero-order valence-electron chi connectivity index (χ0n) is 16.0. The summed E-state index contributed by atoms with van der Waals surface area (Å²) < 4.78 is 7.91. The van der Waals surface area contributed by atoms with E-state index < -0.39 is 0 Å². The van der Waals surface area contributed by atoms with Gasteiger partial charge in [0, 0.05) is 25.2 Å². The van der Waals surface area contributed by atoms with Gasteiger partial charge >= 0.3 is 0 Å². The van der Waals surface area contributed by atoms with Crippen LogP contribution in [0.1, 0.15) is 53.7 Å². The third-order valence-corrected chi connectivity index (χ3v) is 5.94. The van der Waals surface area contributed by atoms with Gasteiger partial charge in [-0.1, -0.05) is 6.07 Å². The molecule has 3 aromatic rings. The van der Waals surface area contributed by atoms with Crippen LogP contribution in [-0.2, 0) is 6.54 Å². The molecule has 7 heteroatoms. The molecule has 2 fully saturated rings. The number of carbonyl (C=O) groups is 1. The van der Waals surface area contributed by atoms with Gasteiger partial charge in [-0.3, -0.25) is 14.1 Å². The highest BCUT2D eigenvalue weighted by Crippen LogP contribution is 2.28. The molecule has 7 nitrogen and oxygen atoms in total. The van der Waals surface area contributed by atoms with Crippen LogP contribution in [0, 0.1) is 0 Å². The molecule has 0 atom stereocenters. The summed E-state index contributed by atoms with van der Waals surface area (Å²) in [4.78, 5) is 17.1. The van der Waals surface area contributed by atoms with Crippen LogP contribution < -0.4 is 0 Å². The predicted octanol–water partition coefficient (Wildman–Crippen LogP) is 2.94. The molecule has 2 saturated heterocycles. The SMILES string of the molecule is O=C(c1ccc(CN2CCCC2)o1)N1CCC(c2nnc3ccccn23)CC1. The summed E-state index contributed by atoms with van der Waals surface area (Å²) in [6.07, 6.45) is 6.30. The average Bonchev–Trinajstić information content (AvgIpc) is 3.49. The van der Waals surface area contributed by atoms with E-state index in [9.17, 15) is 4.79 Å². The van der Waals surface area contributed by atoms with Crippen molar-refractivity contribution < 1.29 is 9.21 Å². The molecule has 5 heterocycles. The van der Waals surface area contributed by atoms with Crippen LogP contribution in [0.3, 0.4) is 0 Å². The Morgan fingerprint density at radius 2 is 1.86 bits per heavy atom. The van der Waals surface area contributed by atoms with E-state index in [4.69, 9.17) is 4.42 Å². The quantitative estimate of drug-likeness (QED) is 0.697. The lowest BCUT2D eigenvalue weighted by Crippen LogP contribution is -2.38. The van der Waals surface area contributed by atoms with Gasteiger partial charge in [0.1, 0.15) is 11.6 Å². The van der Waals surface area contributed by atoms with Crippen molar-refractivity contribution in [2.24, 2.45) is 0 Å². The van der Waals surface area contributed by atoms with Crippen LogP contribution in [0.15, 0.2) is 40.9 Å². The molecule has 0 aromatic carbocycles. The molecule has 3 aromatic heterocycles. The van der Waals surface area contributed by atoms with Crippen LogP contribution in [0.4, 0.5) is 0 Å². The molecule has 0 spiro atoms. The summed E-state index contributed by atoms with van der Waals surface area (Å²) in [5.41, 5.74) is 0.872. The molecule has 0 aliphatic carbocycles. The van der Waals surface area contributed by atoms with E-state index >= 15 is 0 Å². The van der Waals surface area contributed by atoms with E-state index in [1.54, 1.807) is 0 Å². The highest BCUT2D eigenvalue weighted by atomic mass is 16.4. The maximum atomic E-state index is 12.8. The van der Waals surface area contributed by atoms with Gasteiger partial charge in [0.15, 0.2) is 11.4 Å². The number of rotatable bonds is 4. The molecule has 0 bridgehead atoms. The molecular formula is C21H25N5O2. The Morgan fingerprint density at radius 1 is 1.04 bits per heavy atom. The van der Waals surface area contributed by atoms with E-state index in [2.05, 4.69) is 19.5 Å². The second-order valence-corrected chi connectivity index (χ2v) is 7.80. The van der Waals surface area contributed by atoms with Crippen molar-refractivity contribution in [1.82, 2.24) is 24.4 Å². The number of hydrogen-bond donors (Lipinski definition) is 0. The van der Waals surface area contributed by atoms with Gasteiger partial charge in [-0.15, -0.1) is 10.2 Å². The first kappa shape index (κ1) is 17.4. The summed E-state index contributed by atoms with van der Waals surface area (Å²) in [6, 6.07) is 9.70. The lowest BCUT2D eigenvalue weighted by molar-refractivity contribution is 0.0675. The lowest BCUT2D eigenvalue weighted by atomic mass is 9.96. The van der Waals surface area contributed by atoms with Crippen LogP contribution in [0.2, 0.25) is 0 Å². The largest absolute Gasteiger partial charge is 0.455 e. The summed E-state index contributed by atoms with van der Waals surface area (Å²) in [6.45, 7) is 4.47. The Kier molecular flexibility index (Phi) is 4.60. The fourth-order valence-electron chi connectivity index (χ4n) is 4.37. The molecule has 2 aliphatic rings. The van der Waals surface area contributed by atoms with E-state index in [0.29, 0.717) is 24.8 Å². The monoisotopic (exact) mass is 379 g/mol. The zero-order chi connectivity index (χ0) is 18.9. The lowest BCUT2D eigenvalue weighted by Gasteiger charge is -2.30. The normalized spacial score (nSPS) is 18.9. The molecule has 0 radical (unpaired) electrons. The molecular weight excluding hydrogens is 354 g/mol. The number of carbonyl (C=O) groups excluding carboxylic acids is 1. The molecule has 2 aliphatic heterocycles. The van der Waals surface area contributed by atoms with Crippen LogP contribution in [0.5, 0.6) is 0 Å². The van der Waals surface area contributed by atoms with Crippen molar-refractivity contribution in [2.75, 3.05) is 26.2 Å². The second-order valence-electron chi connectivity index (χ2n) is 7.80. The van der Waals surface area contributed by atoms with Gasteiger partial charge in [-0.25, -0.2) is 0 Å². The van der Waals surface area contributed by atoms with Crippen LogP contribution >= 0.6 is 0 Å². The minimum Gasteiger partial charge on any atom is -0.455 e. The number of amides is 1. The molecule has 0 saturated carbocycles. The number of piperidine rings is 1. The maximum Gasteiger partial charge on any atom is 0.289 e. The summed E-state index contributed by atoms with van der Waals surface area (Å²) in [5.74, 6) is 2.66. The van der Waals surface area contributed by atoms with Gasteiger partial charge in [-0.2, -0.15) is 0 Å². The highest BCUT2D eigenvalue weighted by molar-refractivity contribution is 5.91. The molecule has 1 amide bonds. The first-order valence-corrected chi connectivity index (χ1v) is 10.2. The van der Waals surface area contributed by atoms with E-state index in [-0.39, 0.29) is 5.91 Å². The molecule has 5 rings (SSSR count). The number of fused-ring (bicyclic) bond motifs is 1. The number of pyridine rings is 1. The predicted molar refractivity (Wildman–Crippen MR) is 104 cm³/mol. The van der Waals surface area contributed by atoms with Crippen molar-refractivity contribution in [3.63, 3.8) is 0 Å². The van der Waals surface area contributed by atoms with Gasteiger partial charge in [0.05, 0.1) is 6.54 Å². The molecule has 28 heavy (non-hydrogen) atoms. The average molecular weight is 379 g/mol. The van der Waals surface area contributed by atoms with Gasteiger partial charge in [-0.05, 0) is 63.0 Å². The Balaban J connectivity index is 1.22. The fourth-order valence-corrected chi connectivity index (χ4v) is 4.37. The number of nitrogens with zero attached hydrogens (tertiary/aromatic N) is 5. The minimum absolute atomic E-state index is 0.00257. The fraction of sp³-hybridized carbons (Fsp3) is 0.476. The third-order valence-electron chi connectivity index (χ3n) is 5.94. The molecule has 0 N–H and O–H groups in total. The number of aromatic nitrogens is 3. The molecule has 146 valence electrons. The van der Waals surface area contributed by atoms with Crippen molar-refractivity contribution in [1.29, 1.82) is 0 Å². The van der Waals surface area contributed by atoms with E-state index in [1.807, 2.05) is 41.4 Å². The Bertz CT molecular complexity index is 964. The minimum atomic E-state index is -0.00257. The van der Waals surface area contributed by atoms with Gasteiger partial charge in [0.2, 0.25) is 0 Å². The molecule has 0 unspecified atom stereocenters. The van der Waals surface area contributed by atoms with Crippen molar-refractivity contribution in [2.45, 2.75) is 38.1 Å². The first-order chi connectivity index (χ1) is 13.8. The number of likely N-dealkylation sites (tertiary alicyclic amines) is 2. The Labute approximate surface area is 163 Å². The first-order valence-electron chi connectivity index (χ1n) is 10.2. The Hall–Kier alpha value is -2.67. The highest BCUT2D eigenvalue weighted by Gasteiger charge is 2.28. The zero-order valence-corrected chi connectivity index (χ0v) is 16.0. The van der Waals surface area contributed by atoms with Crippen molar-refractivity contribution in [3.05, 3.63) is 53.9 Å². The van der Waals surface area contributed by atoms with Gasteiger partial charge < -0.3 is 9.32 Å². The van der Waals surface area contributed by atoms with Crippen molar-refractivity contribution in [3.8, 4) is 0 Å². The van der Waals surface area contributed by atoms with E-state index in [1.165, 1.54) is 12.8 Å². The Morgan fingerprint density at radius 3 is 2.68 bits per heavy atom. The van der Waals surface area contributed by atoms with Crippen molar-refractivity contribution >= 4 is 11.6 Å². The number of hydrogen-bond acceptors (Lipinski definition) is 5. The summed E-state index contributed by atoms with van der Waals surface area (Å²) in [7, 11) is 0. The standard InChI is InChI=1S/C21H25N5O2/c27-21(18-7-6-17(28-18)15-24-10-3-4-11-24)25-13-8-16(9-14-25)20-23-22-19-5-1-2-12-26(19)20/h1-2,5-7,12,16H,3-4,8-11,13-15H2. The maximum absolute atomic E-state index is 12.8. The van der Waals surface area contributed by atoms with Crippen LogP contribution in [0.25, 0.3) is 5.65 Å². The second kappa shape index (κ2) is 7.39. The summed E-state index contributed by atoms with van der Waals surface area (Å²) >= 11 is 0. The number of furan rings is 1. The van der Waals surface area contributed by atoms with Gasteiger partial charge in [0.25, 0.3) is 5.91 Å². The topological polar surface area (TPSA) is 66.9 Å². The van der Waals surface area contributed by atoms with E-state index in [0.717, 1.165) is 49.7 Å². The third kappa shape index (κ3) is 3.30. The smallest absolute Gasteiger partial charge is 0.289 e. The summed E-state index contributed by atoms with van der Waals surface area (Å²) in [5, 5.41) is 8.64. The van der Waals surface area contributed by atoms with Crippen LogP contribution in [-0.4, -0.2) is 56.5 Å².